The Morgan fingerprint density at radius 3 is 2.74 bits per heavy atom. The summed E-state index contributed by atoms with van der Waals surface area (Å²) in [6.45, 7) is 6.07. The number of ether oxygens (including phenoxy) is 2. The molecule has 2 rings (SSSR count). The molecule has 1 saturated heterocycles. The van der Waals surface area contributed by atoms with E-state index in [1.54, 1.807) is 18.2 Å². The van der Waals surface area contributed by atoms with Gasteiger partial charge >= 0.3 is 0 Å². The van der Waals surface area contributed by atoms with Crippen LogP contribution in [-0.2, 0) is 19.5 Å². The summed E-state index contributed by atoms with van der Waals surface area (Å²) < 4.78 is 37.7. The van der Waals surface area contributed by atoms with Crippen molar-refractivity contribution in [2.24, 2.45) is 0 Å². The van der Waals surface area contributed by atoms with Gasteiger partial charge in [-0.15, -0.1) is 0 Å². The van der Waals surface area contributed by atoms with Gasteiger partial charge < -0.3 is 9.47 Å². The average molecular weight is 285 g/mol. The molecule has 1 aliphatic heterocycles. The molecular formula is C13H19NO4S. The molecule has 0 radical (unpaired) electrons. The Morgan fingerprint density at radius 1 is 1.42 bits per heavy atom. The van der Waals surface area contributed by atoms with Crippen molar-refractivity contribution < 1.29 is 17.9 Å². The second-order valence-corrected chi connectivity index (χ2v) is 6.89. The predicted octanol–water partition coefficient (Wildman–Crippen LogP) is 1.42. The molecule has 0 amide bonds. The molecular weight excluding hydrogens is 266 g/mol. The SMILES string of the molecule is Cc1cccc(S(=O)(=O)NCC2COC(C)(C)O2)c1. The molecule has 19 heavy (non-hydrogen) atoms. The molecule has 5 nitrogen and oxygen atoms in total. The number of aryl methyl sites for hydroxylation is 1. The van der Waals surface area contributed by atoms with Crippen LogP contribution in [0.5, 0.6) is 0 Å². The quantitative estimate of drug-likeness (QED) is 0.909. The van der Waals surface area contributed by atoms with Gasteiger partial charge in [0.1, 0.15) is 0 Å². The molecule has 1 aliphatic rings. The van der Waals surface area contributed by atoms with Crippen LogP contribution < -0.4 is 4.72 Å². The van der Waals surface area contributed by atoms with E-state index < -0.39 is 15.8 Å². The molecule has 1 unspecified atom stereocenters. The number of sulfonamides is 1. The van der Waals surface area contributed by atoms with Crippen molar-refractivity contribution in [1.82, 2.24) is 4.72 Å². The summed E-state index contributed by atoms with van der Waals surface area (Å²) in [6.07, 6.45) is -0.255. The first-order valence-electron chi connectivity index (χ1n) is 6.17. The Bertz CT molecular complexity index is 554. The fourth-order valence-electron chi connectivity index (χ4n) is 1.93. The molecule has 1 aromatic carbocycles. The Labute approximate surface area is 114 Å². The van der Waals surface area contributed by atoms with Crippen molar-refractivity contribution in [3.8, 4) is 0 Å². The van der Waals surface area contributed by atoms with E-state index >= 15 is 0 Å². The lowest BCUT2D eigenvalue weighted by atomic mass is 10.2. The highest BCUT2D eigenvalue weighted by atomic mass is 32.2. The van der Waals surface area contributed by atoms with Gasteiger partial charge in [-0.1, -0.05) is 12.1 Å². The molecule has 1 atom stereocenters. The minimum Gasteiger partial charge on any atom is -0.348 e. The monoisotopic (exact) mass is 285 g/mol. The maximum atomic E-state index is 12.1. The van der Waals surface area contributed by atoms with Crippen LogP contribution in [0, 0.1) is 6.92 Å². The highest BCUT2D eigenvalue weighted by molar-refractivity contribution is 7.89. The van der Waals surface area contributed by atoms with Crippen LogP contribution in [0.2, 0.25) is 0 Å². The summed E-state index contributed by atoms with van der Waals surface area (Å²) >= 11 is 0. The smallest absolute Gasteiger partial charge is 0.240 e. The molecule has 0 aliphatic carbocycles. The van der Waals surface area contributed by atoms with Gasteiger partial charge in [-0.2, -0.15) is 0 Å². The zero-order valence-corrected chi connectivity index (χ0v) is 12.2. The van der Waals surface area contributed by atoms with Crippen molar-refractivity contribution >= 4 is 10.0 Å². The van der Waals surface area contributed by atoms with E-state index in [9.17, 15) is 8.42 Å². The highest BCUT2D eigenvalue weighted by Crippen LogP contribution is 2.22. The second kappa shape index (κ2) is 5.20. The Kier molecular flexibility index (Phi) is 3.96. The van der Waals surface area contributed by atoms with Gasteiger partial charge in [-0.3, -0.25) is 0 Å². The largest absolute Gasteiger partial charge is 0.348 e. The third kappa shape index (κ3) is 3.76. The van der Waals surface area contributed by atoms with Gasteiger partial charge in [-0.25, -0.2) is 13.1 Å². The molecule has 6 heteroatoms. The van der Waals surface area contributed by atoms with Gasteiger partial charge in [0, 0.05) is 6.54 Å². The zero-order valence-electron chi connectivity index (χ0n) is 11.3. The number of rotatable bonds is 4. The van der Waals surface area contributed by atoms with Crippen molar-refractivity contribution in [1.29, 1.82) is 0 Å². The van der Waals surface area contributed by atoms with E-state index in [-0.39, 0.29) is 17.5 Å². The molecule has 0 aromatic heterocycles. The number of hydrogen-bond donors (Lipinski definition) is 1. The molecule has 1 heterocycles. The van der Waals surface area contributed by atoms with E-state index in [0.29, 0.717) is 6.61 Å². The van der Waals surface area contributed by atoms with Crippen molar-refractivity contribution in [2.75, 3.05) is 13.2 Å². The standard InChI is InChI=1S/C13H19NO4S/c1-10-5-4-6-12(7-10)19(15,16)14-8-11-9-17-13(2,3)18-11/h4-7,11,14H,8-9H2,1-3H3. The summed E-state index contributed by atoms with van der Waals surface area (Å²) in [5, 5.41) is 0. The lowest BCUT2D eigenvalue weighted by molar-refractivity contribution is -0.137. The Morgan fingerprint density at radius 2 is 2.16 bits per heavy atom. The van der Waals surface area contributed by atoms with Crippen LogP contribution in [0.4, 0.5) is 0 Å². The van der Waals surface area contributed by atoms with E-state index in [4.69, 9.17) is 9.47 Å². The molecule has 106 valence electrons. The Balaban J connectivity index is 1.99. The normalized spacial score (nSPS) is 22.6. The lowest BCUT2D eigenvalue weighted by Crippen LogP contribution is -2.34. The minimum atomic E-state index is -3.49. The van der Waals surface area contributed by atoms with E-state index in [0.717, 1.165) is 5.56 Å². The molecule has 1 fully saturated rings. The van der Waals surface area contributed by atoms with Gasteiger partial charge in [0.05, 0.1) is 17.6 Å². The first-order valence-corrected chi connectivity index (χ1v) is 7.65. The zero-order chi connectivity index (χ0) is 14.1. The van der Waals surface area contributed by atoms with Gasteiger partial charge in [0.15, 0.2) is 5.79 Å². The fourth-order valence-corrected chi connectivity index (χ4v) is 3.10. The van der Waals surface area contributed by atoms with Crippen LogP contribution in [0.15, 0.2) is 29.2 Å². The van der Waals surface area contributed by atoms with Crippen LogP contribution >= 0.6 is 0 Å². The maximum absolute atomic E-state index is 12.1. The third-order valence-electron chi connectivity index (χ3n) is 2.87. The lowest BCUT2D eigenvalue weighted by Gasteiger charge is -2.17. The molecule has 0 saturated carbocycles. The van der Waals surface area contributed by atoms with E-state index in [1.807, 2.05) is 26.8 Å². The van der Waals surface area contributed by atoms with Gasteiger partial charge in [0.2, 0.25) is 10.0 Å². The van der Waals surface area contributed by atoms with Gasteiger partial charge in [-0.05, 0) is 38.5 Å². The summed E-state index contributed by atoms with van der Waals surface area (Å²) in [5.74, 6) is -0.639. The van der Waals surface area contributed by atoms with Crippen LogP contribution in [0.3, 0.4) is 0 Å². The van der Waals surface area contributed by atoms with Crippen LogP contribution in [-0.4, -0.2) is 33.5 Å². The topological polar surface area (TPSA) is 64.6 Å². The summed E-state index contributed by atoms with van der Waals surface area (Å²) in [7, 11) is -3.49. The number of benzene rings is 1. The van der Waals surface area contributed by atoms with Crippen LogP contribution in [0.25, 0.3) is 0 Å². The van der Waals surface area contributed by atoms with Gasteiger partial charge in [0.25, 0.3) is 0 Å². The average Bonchev–Trinajstić information content (AvgIpc) is 2.67. The van der Waals surface area contributed by atoms with Crippen molar-refractivity contribution in [2.45, 2.75) is 37.6 Å². The second-order valence-electron chi connectivity index (χ2n) is 5.12. The van der Waals surface area contributed by atoms with Crippen LogP contribution in [0.1, 0.15) is 19.4 Å². The molecule has 0 spiro atoms. The summed E-state index contributed by atoms with van der Waals surface area (Å²) in [4.78, 5) is 0.269. The first-order chi connectivity index (χ1) is 8.78. The highest BCUT2D eigenvalue weighted by Gasteiger charge is 2.33. The predicted molar refractivity (Wildman–Crippen MR) is 71.3 cm³/mol. The van der Waals surface area contributed by atoms with Crippen molar-refractivity contribution in [3.63, 3.8) is 0 Å². The number of hydrogen-bond acceptors (Lipinski definition) is 4. The first kappa shape index (κ1) is 14.5. The minimum absolute atomic E-state index is 0.208. The molecule has 1 aromatic rings. The summed E-state index contributed by atoms with van der Waals surface area (Å²) in [5.41, 5.74) is 0.907. The third-order valence-corrected chi connectivity index (χ3v) is 4.29. The fraction of sp³-hybridized carbons (Fsp3) is 0.538. The van der Waals surface area contributed by atoms with E-state index in [1.165, 1.54) is 0 Å². The number of nitrogens with one attached hydrogen (secondary N) is 1. The Hall–Kier alpha value is -0.950. The van der Waals surface area contributed by atoms with E-state index in [2.05, 4.69) is 4.72 Å². The molecule has 1 N–H and O–H groups in total. The maximum Gasteiger partial charge on any atom is 0.240 e. The summed E-state index contributed by atoms with van der Waals surface area (Å²) in [6, 6.07) is 6.79. The molecule has 0 bridgehead atoms. The van der Waals surface area contributed by atoms with Crippen molar-refractivity contribution in [3.05, 3.63) is 29.8 Å².